The summed E-state index contributed by atoms with van der Waals surface area (Å²) in [6.07, 6.45) is -0.565. The van der Waals surface area contributed by atoms with Gasteiger partial charge in [-0.15, -0.1) is 0 Å². The van der Waals surface area contributed by atoms with Crippen LogP contribution in [-0.2, 0) is 40.1 Å². The van der Waals surface area contributed by atoms with Crippen LogP contribution in [0, 0.1) is 5.92 Å². The molecule has 3 saturated heterocycles. The van der Waals surface area contributed by atoms with Crippen molar-refractivity contribution in [3.63, 3.8) is 0 Å². The van der Waals surface area contributed by atoms with Crippen LogP contribution in [0.5, 0.6) is 11.5 Å². The Morgan fingerprint density at radius 2 is 1.91 bits per heavy atom. The smallest absolute Gasteiger partial charge is 0.345 e. The zero-order valence-corrected chi connectivity index (χ0v) is 19.2. The number of methoxy groups -OCH3 is 1. The topological polar surface area (TPSA) is 130 Å². The summed E-state index contributed by atoms with van der Waals surface area (Å²) in [5.74, 6) is -2.68. The molecule has 6 rings (SSSR count). The van der Waals surface area contributed by atoms with Crippen molar-refractivity contribution in [1.82, 2.24) is 4.90 Å². The molecule has 1 aromatic carbocycles. The maximum absolute atomic E-state index is 13.5. The molecule has 35 heavy (non-hydrogen) atoms. The number of hydrogen-bond donors (Lipinski definition) is 1. The van der Waals surface area contributed by atoms with Crippen molar-refractivity contribution in [2.75, 3.05) is 20.7 Å². The monoisotopic (exact) mass is 487 g/mol. The third-order valence-corrected chi connectivity index (χ3v) is 7.69. The Hall–Kier alpha value is -3.15. The quantitative estimate of drug-likeness (QED) is 0.328. The number of aliphatic hydroxyl groups is 1. The number of piperidine rings is 1. The lowest BCUT2D eigenvalue weighted by molar-refractivity contribution is -0.333. The molecule has 1 aliphatic carbocycles. The molecule has 0 aromatic heterocycles. The molecule has 1 N–H and O–H groups in total. The van der Waals surface area contributed by atoms with Crippen LogP contribution in [0.2, 0.25) is 0 Å². The minimum Gasteiger partial charge on any atom is -0.493 e. The highest BCUT2D eigenvalue weighted by Gasteiger charge is 2.69. The highest BCUT2D eigenvalue weighted by molar-refractivity contribution is 5.91. The fourth-order valence-electron chi connectivity index (χ4n) is 6.01. The molecule has 186 valence electrons. The van der Waals surface area contributed by atoms with E-state index in [2.05, 4.69) is 4.90 Å². The molecule has 11 heteroatoms. The van der Waals surface area contributed by atoms with Crippen LogP contribution in [0.3, 0.4) is 0 Å². The Balaban J connectivity index is 1.61. The number of carbonyl (C=O) groups is 3. The van der Waals surface area contributed by atoms with Crippen molar-refractivity contribution >= 4 is 17.9 Å². The molecular formula is C24H25NO10. The van der Waals surface area contributed by atoms with E-state index in [1.165, 1.54) is 7.11 Å². The fourth-order valence-corrected chi connectivity index (χ4v) is 6.01. The molecule has 4 heterocycles. The van der Waals surface area contributed by atoms with Gasteiger partial charge in [0.2, 0.25) is 0 Å². The summed E-state index contributed by atoms with van der Waals surface area (Å²) < 4.78 is 24.0. The first kappa shape index (κ1) is 22.3. The minimum absolute atomic E-state index is 0.182. The van der Waals surface area contributed by atoms with E-state index >= 15 is 0 Å². The largest absolute Gasteiger partial charge is 0.493 e. The second-order valence-electron chi connectivity index (χ2n) is 9.77. The van der Waals surface area contributed by atoms with E-state index in [0.29, 0.717) is 17.9 Å². The zero-order valence-electron chi connectivity index (χ0n) is 19.2. The van der Waals surface area contributed by atoms with Gasteiger partial charge >= 0.3 is 17.9 Å². The number of rotatable bonds is 1. The molecule has 1 spiro atoms. The van der Waals surface area contributed by atoms with Gasteiger partial charge < -0.3 is 24.1 Å². The van der Waals surface area contributed by atoms with E-state index in [4.69, 9.17) is 28.7 Å². The first-order chi connectivity index (χ1) is 16.7. The van der Waals surface area contributed by atoms with Gasteiger partial charge in [0.05, 0.1) is 20.0 Å². The van der Waals surface area contributed by atoms with Crippen molar-refractivity contribution in [2.45, 2.75) is 54.8 Å². The lowest BCUT2D eigenvalue weighted by Gasteiger charge is -2.58. The van der Waals surface area contributed by atoms with E-state index in [1.807, 2.05) is 25.3 Å². The van der Waals surface area contributed by atoms with Crippen molar-refractivity contribution in [3.8, 4) is 11.5 Å². The maximum Gasteiger partial charge on any atom is 0.345 e. The highest BCUT2D eigenvalue weighted by atomic mass is 17.2. The predicted octanol–water partition coefficient (Wildman–Crippen LogP) is 0.0744. The van der Waals surface area contributed by atoms with E-state index in [9.17, 15) is 19.5 Å². The van der Waals surface area contributed by atoms with Crippen molar-refractivity contribution < 1.29 is 48.2 Å². The number of benzene rings is 1. The molecule has 3 fully saturated rings. The molecule has 0 saturated carbocycles. The van der Waals surface area contributed by atoms with Gasteiger partial charge in [-0.05, 0) is 31.2 Å². The summed E-state index contributed by atoms with van der Waals surface area (Å²) in [4.78, 5) is 51.4. The minimum atomic E-state index is -2.48. The standard InChI is InChI=1S/C24H25NO10/c1-25-11-18-24-13-4-6-16(21(24)31-17-8-12(7-14(13)25)3-5-15(17)30-2)34-35-20(27)10-23(29,22(28)33-24)9-19(26)32-18/h3-6,8,13-14,16,18,21,29H,7,9-11H2,1-2H3/t13-,14-,16+,18?,21-,23?,24+/m1/s1. The Kier molecular flexibility index (Phi) is 4.89. The Labute approximate surface area is 200 Å². The van der Waals surface area contributed by atoms with Crippen LogP contribution < -0.4 is 9.47 Å². The predicted molar refractivity (Wildman–Crippen MR) is 114 cm³/mol. The summed E-state index contributed by atoms with van der Waals surface area (Å²) in [6.45, 7) is 0.242. The van der Waals surface area contributed by atoms with E-state index in [-0.39, 0.29) is 12.6 Å². The van der Waals surface area contributed by atoms with E-state index < -0.39 is 66.2 Å². The number of carbonyl (C=O) groups excluding carboxylic acids is 3. The molecular weight excluding hydrogens is 462 g/mol. The molecule has 4 aliphatic heterocycles. The average molecular weight is 487 g/mol. The molecule has 0 amide bonds. The second kappa shape index (κ2) is 7.67. The summed E-state index contributed by atoms with van der Waals surface area (Å²) in [5.41, 5.74) is -3.10. The SMILES string of the molecule is COc1ccc2cc1O[C@@H]1[C@@H]3C=C[C@@H]4[C@@H](C2)N(C)CC2OC(=O)CC(O)(CC(=O)OO3)C(=O)O[C@]241. The summed E-state index contributed by atoms with van der Waals surface area (Å²) in [5, 5.41) is 11.1. The Morgan fingerprint density at radius 1 is 1.11 bits per heavy atom. The van der Waals surface area contributed by atoms with E-state index in [1.54, 1.807) is 12.1 Å². The van der Waals surface area contributed by atoms with Crippen LogP contribution in [0.25, 0.3) is 0 Å². The normalized spacial score (nSPS) is 40.1. The van der Waals surface area contributed by atoms with Crippen molar-refractivity contribution in [2.24, 2.45) is 5.92 Å². The van der Waals surface area contributed by atoms with Crippen LogP contribution in [-0.4, -0.2) is 84.2 Å². The lowest BCUT2D eigenvalue weighted by Crippen LogP contribution is -2.77. The number of hydrogen-bond acceptors (Lipinski definition) is 11. The first-order valence-electron chi connectivity index (χ1n) is 11.5. The molecule has 8 bridgehead atoms. The fraction of sp³-hybridized carbons (Fsp3) is 0.542. The Bertz CT molecular complexity index is 1140. The zero-order chi connectivity index (χ0) is 24.5. The number of ether oxygens (including phenoxy) is 4. The van der Waals surface area contributed by atoms with Gasteiger partial charge in [0, 0.05) is 18.5 Å². The van der Waals surface area contributed by atoms with Crippen LogP contribution >= 0.6 is 0 Å². The lowest BCUT2D eigenvalue weighted by atomic mass is 9.65. The number of nitrogens with zero attached hydrogens (tertiary/aromatic N) is 1. The number of likely N-dealkylation sites (tertiary alicyclic amines) is 1. The van der Waals surface area contributed by atoms with E-state index in [0.717, 1.165) is 5.56 Å². The van der Waals surface area contributed by atoms with Gasteiger partial charge in [0.15, 0.2) is 41.0 Å². The van der Waals surface area contributed by atoms with Gasteiger partial charge in [-0.3, -0.25) is 14.6 Å². The van der Waals surface area contributed by atoms with Gasteiger partial charge in [-0.2, -0.15) is 4.89 Å². The van der Waals surface area contributed by atoms with Gasteiger partial charge in [-0.25, -0.2) is 9.59 Å². The summed E-state index contributed by atoms with van der Waals surface area (Å²) >= 11 is 0. The molecule has 1 aromatic rings. The van der Waals surface area contributed by atoms with Gasteiger partial charge in [0.25, 0.3) is 0 Å². The molecule has 5 aliphatic rings. The molecule has 7 atom stereocenters. The van der Waals surface area contributed by atoms with Crippen LogP contribution in [0.1, 0.15) is 18.4 Å². The second-order valence-corrected chi connectivity index (χ2v) is 9.77. The maximum atomic E-state index is 13.5. The summed E-state index contributed by atoms with van der Waals surface area (Å²) in [7, 11) is 3.42. The third-order valence-electron chi connectivity index (χ3n) is 7.69. The van der Waals surface area contributed by atoms with Gasteiger partial charge in [0.1, 0.15) is 0 Å². The molecule has 11 nitrogen and oxygen atoms in total. The Morgan fingerprint density at radius 3 is 2.71 bits per heavy atom. The molecule has 0 radical (unpaired) electrons. The third kappa shape index (κ3) is 3.25. The first-order valence-corrected chi connectivity index (χ1v) is 11.5. The van der Waals surface area contributed by atoms with Crippen LogP contribution in [0.15, 0.2) is 30.4 Å². The number of esters is 2. The highest BCUT2D eigenvalue weighted by Crippen LogP contribution is 2.50. The van der Waals surface area contributed by atoms with Gasteiger partial charge in [-0.1, -0.05) is 18.2 Å². The average Bonchev–Trinajstić information content (AvgIpc) is 2.81. The summed E-state index contributed by atoms with van der Waals surface area (Å²) in [6, 6.07) is 5.38. The van der Waals surface area contributed by atoms with Crippen molar-refractivity contribution in [1.29, 1.82) is 0 Å². The van der Waals surface area contributed by atoms with Crippen molar-refractivity contribution in [3.05, 3.63) is 35.9 Å². The van der Waals surface area contributed by atoms with Crippen LogP contribution in [0.4, 0.5) is 0 Å². The number of fused-ring (bicyclic) bond motifs is 4. The number of likely N-dealkylation sites (N-methyl/N-ethyl adjacent to an activating group) is 1. The molecule has 2 unspecified atom stereocenters.